The Morgan fingerprint density at radius 1 is 1.15 bits per heavy atom. The summed E-state index contributed by atoms with van der Waals surface area (Å²) >= 11 is 6.54. The van der Waals surface area contributed by atoms with Gasteiger partial charge in [0, 0.05) is 46.7 Å². The largest absolute Gasteiger partial charge is 0.374 e. The molecule has 6 heteroatoms. The standard InChI is InChI=1S/C27H40ClN3O2/c1-7-31(22-10-8-20(9-11-22)16(2)3)25-14-21(28)13-23(19(25)6)26(32)29-15-24-17(4)12-18(5)30-27(24)33/h12-14,16,20,22,26,29,32H,7-11,15H2,1-6H3,(H,30,33). The molecule has 1 fully saturated rings. The van der Waals surface area contributed by atoms with Gasteiger partial charge >= 0.3 is 0 Å². The predicted octanol–water partition coefficient (Wildman–Crippen LogP) is 5.78. The molecule has 1 aliphatic rings. The Morgan fingerprint density at radius 3 is 2.39 bits per heavy atom. The van der Waals surface area contributed by atoms with Gasteiger partial charge in [-0.05, 0) is 94.5 Å². The first-order valence-corrected chi connectivity index (χ1v) is 12.7. The monoisotopic (exact) mass is 473 g/mol. The molecule has 0 amide bonds. The molecule has 0 bridgehead atoms. The topological polar surface area (TPSA) is 68.4 Å². The van der Waals surface area contributed by atoms with Gasteiger partial charge in [0.15, 0.2) is 0 Å². The highest BCUT2D eigenvalue weighted by Crippen LogP contribution is 2.37. The molecular formula is C27H40ClN3O2. The molecule has 5 nitrogen and oxygen atoms in total. The van der Waals surface area contributed by atoms with Crippen LogP contribution in [0.1, 0.15) is 80.6 Å². The van der Waals surface area contributed by atoms with Crippen LogP contribution in [0, 0.1) is 32.6 Å². The fourth-order valence-corrected chi connectivity index (χ4v) is 5.60. The number of rotatable bonds is 8. The summed E-state index contributed by atoms with van der Waals surface area (Å²) < 4.78 is 0. The number of H-pyrrole nitrogens is 1. The molecule has 1 aromatic carbocycles. The zero-order chi connectivity index (χ0) is 24.3. The summed E-state index contributed by atoms with van der Waals surface area (Å²) in [6, 6.07) is 6.29. The molecule has 182 valence electrons. The lowest BCUT2D eigenvalue weighted by molar-refractivity contribution is 0.136. The van der Waals surface area contributed by atoms with Gasteiger partial charge in [-0.15, -0.1) is 0 Å². The molecule has 3 N–H and O–H groups in total. The fraction of sp³-hybridized carbons (Fsp3) is 0.593. The van der Waals surface area contributed by atoms with Gasteiger partial charge in [-0.3, -0.25) is 10.1 Å². The summed E-state index contributed by atoms with van der Waals surface area (Å²) in [6.45, 7) is 13.9. The van der Waals surface area contributed by atoms with Crippen molar-refractivity contribution in [2.45, 2.75) is 86.0 Å². The van der Waals surface area contributed by atoms with E-state index in [4.69, 9.17) is 11.6 Å². The first kappa shape index (κ1) is 25.8. The third kappa shape index (κ3) is 6.00. The van der Waals surface area contributed by atoms with Crippen molar-refractivity contribution in [3.8, 4) is 0 Å². The number of anilines is 1. The Hall–Kier alpha value is -1.82. The summed E-state index contributed by atoms with van der Waals surface area (Å²) in [5.41, 5.74) is 5.14. The van der Waals surface area contributed by atoms with Crippen LogP contribution in [0.25, 0.3) is 0 Å². The van der Waals surface area contributed by atoms with Crippen LogP contribution < -0.4 is 15.8 Å². The van der Waals surface area contributed by atoms with Crippen molar-refractivity contribution >= 4 is 17.3 Å². The molecule has 0 radical (unpaired) electrons. The van der Waals surface area contributed by atoms with Crippen molar-refractivity contribution in [1.82, 2.24) is 10.3 Å². The Kier molecular flexibility index (Phi) is 8.65. The van der Waals surface area contributed by atoms with Crippen LogP contribution in [0.4, 0.5) is 5.69 Å². The zero-order valence-electron chi connectivity index (χ0n) is 21.0. The van der Waals surface area contributed by atoms with Crippen LogP contribution in [0.3, 0.4) is 0 Å². The average molecular weight is 474 g/mol. The number of hydrogen-bond donors (Lipinski definition) is 3. The van der Waals surface area contributed by atoms with Gasteiger partial charge in [0.2, 0.25) is 0 Å². The number of aliphatic hydroxyl groups is 1. The lowest BCUT2D eigenvalue weighted by atomic mass is 9.79. The highest BCUT2D eigenvalue weighted by molar-refractivity contribution is 6.31. The summed E-state index contributed by atoms with van der Waals surface area (Å²) in [5, 5.41) is 14.7. The van der Waals surface area contributed by atoms with Gasteiger partial charge in [-0.1, -0.05) is 25.4 Å². The number of benzene rings is 1. The molecule has 0 saturated heterocycles. The third-order valence-electron chi connectivity index (χ3n) is 7.42. The van der Waals surface area contributed by atoms with Gasteiger partial charge in [-0.2, -0.15) is 0 Å². The minimum absolute atomic E-state index is 0.120. The van der Waals surface area contributed by atoms with Crippen LogP contribution >= 0.6 is 11.6 Å². The van der Waals surface area contributed by atoms with Gasteiger partial charge < -0.3 is 15.0 Å². The van der Waals surface area contributed by atoms with E-state index in [-0.39, 0.29) is 12.1 Å². The van der Waals surface area contributed by atoms with E-state index in [0.29, 0.717) is 16.6 Å². The number of aliphatic hydroxyl groups excluding tert-OH is 1. The van der Waals surface area contributed by atoms with Crippen LogP contribution in [0.5, 0.6) is 0 Å². The van der Waals surface area contributed by atoms with Gasteiger partial charge in [0.05, 0.1) is 0 Å². The van der Waals surface area contributed by atoms with Crippen LogP contribution in [-0.2, 0) is 6.54 Å². The molecule has 0 aliphatic heterocycles. The normalized spacial score (nSPS) is 19.7. The minimum atomic E-state index is -0.919. The first-order valence-electron chi connectivity index (χ1n) is 12.3. The van der Waals surface area contributed by atoms with Crippen molar-refractivity contribution in [1.29, 1.82) is 0 Å². The molecule has 1 atom stereocenters. The number of hydrogen-bond acceptors (Lipinski definition) is 4. The number of halogens is 1. The van der Waals surface area contributed by atoms with E-state index in [1.165, 1.54) is 25.7 Å². The van der Waals surface area contributed by atoms with E-state index in [1.807, 2.05) is 32.0 Å². The molecule has 0 spiro atoms. The molecular weight excluding hydrogens is 434 g/mol. The van der Waals surface area contributed by atoms with Crippen LogP contribution in [0.2, 0.25) is 5.02 Å². The number of pyridine rings is 1. The van der Waals surface area contributed by atoms with Crippen molar-refractivity contribution in [2.75, 3.05) is 11.4 Å². The maximum atomic E-state index is 12.3. The van der Waals surface area contributed by atoms with Gasteiger partial charge in [-0.25, -0.2) is 0 Å². The van der Waals surface area contributed by atoms with E-state index in [2.05, 4.69) is 42.9 Å². The third-order valence-corrected chi connectivity index (χ3v) is 7.64. The second-order valence-electron chi connectivity index (χ2n) is 9.96. The molecule has 33 heavy (non-hydrogen) atoms. The van der Waals surface area contributed by atoms with E-state index in [9.17, 15) is 9.90 Å². The number of nitrogens with zero attached hydrogens (tertiary/aromatic N) is 1. The van der Waals surface area contributed by atoms with Crippen molar-refractivity contribution in [3.05, 3.63) is 61.5 Å². The smallest absolute Gasteiger partial charge is 0.252 e. The molecule has 1 heterocycles. The van der Waals surface area contributed by atoms with Crippen LogP contribution in [0.15, 0.2) is 23.0 Å². The number of aromatic amines is 1. The van der Waals surface area contributed by atoms with Gasteiger partial charge in [0.1, 0.15) is 6.23 Å². The molecule has 1 aromatic heterocycles. The summed E-state index contributed by atoms with van der Waals surface area (Å²) in [5.74, 6) is 1.56. The highest BCUT2D eigenvalue weighted by Gasteiger charge is 2.28. The van der Waals surface area contributed by atoms with Gasteiger partial charge in [0.25, 0.3) is 5.56 Å². The van der Waals surface area contributed by atoms with Crippen molar-refractivity contribution in [3.63, 3.8) is 0 Å². The SMILES string of the molecule is CCN(c1cc(Cl)cc(C(O)NCc2c(C)cc(C)[nH]c2=O)c1C)C1CCC(C(C)C)CC1. The predicted molar refractivity (Wildman–Crippen MR) is 138 cm³/mol. The molecule has 1 unspecified atom stereocenters. The Bertz CT molecular complexity index is 1010. The molecule has 1 saturated carbocycles. The van der Waals surface area contributed by atoms with E-state index < -0.39 is 6.23 Å². The molecule has 1 aliphatic carbocycles. The van der Waals surface area contributed by atoms with E-state index >= 15 is 0 Å². The Balaban J connectivity index is 1.80. The van der Waals surface area contributed by atoms with Crippen molar-refractivity contribution in [2.24, 2.45) is 11.8 Å². The number of aromatic nitrogens is 1. The summed E-state index contributed by atoms with van der Waals surface area (Å²) in [6.07, 6.45) is 3.99. The zero-order valence-corrected chi connectivity index (χ0v) is 21.7. The number of aryl methyl sites for hydroxylation is 2. The minimum Gasteiger partial charge on any atom is -0.374 e. The quantitative estimate of drug-likeness (QED) is 0.425. The van der Waals surface area contributed by atoms with E-state index in [1.54, 1.807) is 0 Å². The number of nitrogens with one attached hydrogen (secondary N) is 2. The summed E-state index contributed by atoms with van der Waals surface area (Å²) in [4.78, 5) is 17.6. The molecule has 3 rings (SSSR count). The maximum Gasteiger partial charge on any atom is 0.252 e. The average Bonchev–Trinajstić information content (AvgIpc) is 2.75. The lowest BCUT2D eigenvalue weighted by Crippen LogP contribution is -2.39. The highest BCUT2D eigenvalue weighted by atomic mass is 35.5. The molecule has 2 aromatic rings. The Morgan fingerprint density at radius 2 is 1.82 bits per heavy atom. The second kappa shape index (κ2) is 11.1. The second-order valence-corrected chi connectivity index (χ2v) is 10.4. The Labute approximate surface area is 203 Å². The summed E-state index contributed by atoms with van der Waals surface area (Å²) in [7, 11) is 0. The lowest BCUT2D eigenvalue weighted by Gasteiger charge is -2.40. The van der Waals surface area contributed by atoms with Crippen molar-refractivity contribution < 1.29 is 5.11 Å². The van der Waals surface area contributed by atoms with E-state index in [0.717, 1.165) is 46.5 Å². The first-order chi connectivity index (χ1) is 15.6. The maximum absolute atomic E-state index is 12.3. The fourth-order valence-electron chi connectivity index (χ4n) is 5.38. The van der Waals surface area contributed by atoms with Crippen LogP contribution in [-0.4, -0.2) is 22.7 Å².